The van der Waals surface area contributed by atoms with Gasteiger partial charge in [-0.15, -0.1) is 0 Å². The molecular weight excluding hydrogens is 759 g/mol. The fourth-order valence-corrected chi connectivity index (χ4v) is 9.17. The number of anilines is 1. The number of carbonyl (C=O) groups is 2. The summed E-state index contributed by atoms with van der Waals surface area (Å²) in [5, 5.41) is 41.2. The Balaban J connectivity index is 0.801. The number of nitrogens with zero attached hydrogens (tertiary/aromatic N) is 2. The molecule has 4 aromatic rings. The van der Waals surface area contributed by atoms with E-state index < -0.39 is 18.3 Å². The fourth-order valence-electron chi connectivity index (χ4n) is 9.17. The predicted molar refractivity (Wildman–Crippen MR) is 230 cm³/mol. The van der Waals surface area contributed by atoms with E-state index in [0.717, 1.165) is 62.1 Å². The number of aliphatic hydroxyl groups excluding tert-OH is 3. The second kappa shape index (κ2) is 19.8. The largest absolute Gasteiger partial charge is 0.390 e. The van der Waals surface area contributed by atoms with Gasteiger partial charge in [-0.3, -0.25) is 19.4 Å². The lowest BCUT2D eigenvalue weighted by molar-refractivity contribution is -0.0134. The molecule has 6 unspecified atom stereocenters. The molecule has 318 valence electrons. The third-order valence-electron chi connectivity index (χ3n) is 12.5. The van der Waals surface area contributed by atoms with Crippen molar-refractivity contribution in [2.45, 2.75) is 81.6 Å². The summed E-state index contributed by atoms with van der Waals surface area (Å²) in [6.07, 6.45) is 2.14. The molecule has 6 N–H and O–H groups in total. The second-order valence-corrected chi connectivity index (χ2v) is 17.0. The minimum atomic E-state index is -0.735. The van der Waals surface area contributed by atoms with Gasteiger partial charge in [-0.1, -0.05) is 60.7 Å². The molecule has 4 aromatic carbocycles. The average molecular weight is 818 g/mol. The zero-order chi connectivity index (χ0) is 41.4. The third-order valence-corrected chi connectivity index (χ3v) is 12.5. The van der Waals surface area contributed by atoms with Crippen LogP contribution in [0.15, 0.2) is 91.0 Å². The molecule has 4 heterocycles. The Morgan fingerprint density at radius 2 is 1.37 bits per heavy atom. The summed E-state index contributed by atoms with van der Waals surface area (Å²) in [5.74, 6) is -0.202. The first kappa shape index (κ1) is 42.0. The summed E-state index contributed by atoms with van der Waals surface area (Å²) in [7, 11) is 0. The highest BCUT2D eigenvalue weighted by Gasteiger charge is 2.28. The van der Waals surface area contributed by atoms with Crippen LogP contribution in [0.4, 0.5) is 5.69 Å². The van der Waals surface area contributed by atoms with Crippen molar-refractivity contribution >= 4 is 17.5 Å². The van der Waals surface area contributed by atoms with Crippen molar-refractivity contribution in [2.75, 3.05) is 64.4 Å². The van der Waals surface area contributed by atoms with Gasteiger partial charge in [0.1, 0.15) is 0 Å². The van der Waals surface area contributed by atoms with Crippen LogP contribution in [-0.4, -0.2) is 120 Å². The van der Waals surface area contributed by atoms with Gasteiger partial charge in [-0.25, -0.2) is 0 Å². The maximum Gasteiger partial charge on any atom is 0.251 e. The molecule has 2 saturated heterocycles. The smallest absolute Gasteiger partial charge is 0.251 e. The van der Waals surface area contributed by atoms with Crippen LogP contribution in [0, 0.1) is 0 Å². The van der Waals surface area contributed by atoms with Crippen LogP contribution in [-0.2, 0) is 35.4 Å². The topological polar surface area (TPSA) is 156 Å². The highest BCUT2D eigenvalue weighted by Crippen LogP contribution is 2.39. The Bertz CT molecular complexity index is 2100. The van der Waals surface area contributed by atoms with E-state index in [9.17, 15) is 24.9 Å². The number of carbonyl (C=O) groups excluding carboxylic acids is 2. The predicted octanol–water partition coefficient (Wildman–Crippen LogP) is 4.18. The van der Waals surface area contributed by atoms with Crippen LogP contribution in [0.5, 0.6) is 0 Å². The lowest BCUT2D eigenvalue weighted by Gasteiger charge is -2.33. The van der Waals surface area contributed by atoms with Gasteiger partial charge in [0.05, 0.1) is 37.1 Å². The zero-order valence-electron chi connectivity index (χ0n) is 34.3. The van der Waals surface area contributed by atoms with Crippen molar-refractivity contribution in [1.82, 2.24) is 20.4 Å². The summed E-state index contributed by atoms with van der Waals surface area (Å²) in [5.41, 5.74) is 9.30. The number of hydrogen-bond acceptors (Lipinski definition) is 10. The van der Waals surface area contributed by atoms with Gasteiger partial charge < -0.3 is 40.7 Å². The number of benzene rings is 4. The van der Waals surface area contributed by atoms with E-state index in [4.69, 9.17) is 9.47 Å². The van der Waals surface area contributed by atoms with Gasteiger partial charge in [0.25, 0.3) is 11.8 Å². The van der Waals surface area contributed by atoms with Gasteiger partial charge in [-0.2, -0.15) is 0 Å². The van der Waals surface area contributed by atoms with Gasteiger partial charge >= 0.3 is 0 Å². The van der Waals surface area contributed by atoms with Crippen molar-refractivity contribution in [3.8, 4) is 0 Å². The van der Waals surface area contributed by atoms with Crippen molar-refractivity contribution in [1.29, 1.82) is 0 Å². The van der Waals surface area contributed by atoms with Crippen LogP contribution in [0.3, 0.4) is 0 Å². The maximum absolute atomic E-state index is 13.2. The van der Waals surface area contributed by atoms with Crippen LogP contribution < -0.4 is 16.0 Å². The van der Waals surface area contributed by atoms with E-state index in [0.29, 0.717) is 57.0 Å². The summed E-state index contributed by atoms with van der Waals surface area (Å²) >= 11 is 0. The Hall–Kier alpha value is -4.66. The Morgan fingerprint density at radius 1 is 0.700 bits per heavy atom. The SMILES string of the molecule is O=C(NCC(O)CN1CCc2ccccc2C1)c1cccc(C2CCOC(c3ccc4c(c3)CN(CC(O)CNC(=O)c3cccc(NC5CCOCC5O)c3)CC4)C2)c1. The number of fused-ring (bicyclic) bond motifs is 2. The quantitative estimate of drug-likeness (QED) is 0.109. The molecule has 2 amide bonds. The zero-order valence-corrected chi connectivity index (χ0v) is 34.3. The van der Waals surface area contributed by atoms with Gasteiger partial charge in [0.15, 0.2) is 0 Å². The molecule has 8 rings (SSSR count). The lowest BCUT2D eigenvalue weighted by atomic mass is 9.85. The van der Waals surface area contributed by atoms with E-state index >= 15 is 0 Å². The molecule has 0 spiro atoms. The number of nitrogens with one attached hydrogen (secondary N) is 3. The Morgan fingerprint density at radius 3 is 2.10 bits per heavy atom. The molecule has 0 aromatic heterocycles. The van der Waals surface area contributed by atoms with E-state index in [-0.39, 0.29) is 43.0 Å². The number of rotatable bonds is 14. The third kappa shape index (κ3) is 10.8. The van der Waals surface area contributed by atoms with E-state index in [1.54, 1.807) is 18.2 Å². The number of β-amino-alcohol motifs (C(OH)–C–C–N with tert-alkyl or cyclic N) is 2. The minimum Gasteiger partial charge on any atom is -0.390 e. The molecule has 60 heavy (non-hydrogen) atoms. The standard InChI is InChI=1S/C48H59N5O7/c54-42(29-52-17-13-32-5-1-2-6-39(32)27-52)25-49-47(57)37-8-3-7-34(21-37)35-15-20-60-46(24-35)36-12-11-33-14-18-53(28-40(33)22-36)30-43(55)26-50-48(58)38-9-4-10-41(23-38)51-44-16-19-59-31-45(44)56/h1-12,21-23,35,42-46,51,54-56H,13-20,24-31H2,(H,49,57)(H,50,58). The molecule has 0 aliphatic carbocycles. The number of aliphatic hydroxyl groups is 3. The monoisotopic (exact) mass is 817 g/mol. The molecule has 4 aliphatic heterocycles. The highest BCUT2D eigenvalue weighted by molar-refractivity contribution is 5.95. The van der Waals surface area contributed by atoms with Crippen molar-refractivity contribution < 1.29 is 34.4 Å². The molecule has 0 radical (unpaired) electrons. The van der Waals surface area contributed by atoms with Crippen LogP contribution in [0.2, 0.25) is 0 Å². The van der Waals surface area contributed by atoms with E-state index in [1.807, 2.05) is 24.3 Å². The highest BCUT2D eigenvalue weighted by atomic mass is 16.5. The minimum absolute atomic E-state index is 0.0740. The first-order valence-corrected chi connectivity index (χ1v) is 21.6. The summed E-state index contributed by atoms with van der Waals surface area (Å²) in [6, 6.07) is 30.0. The number of amides is 2. The van der Waals surface area contributed by atoms with Gasteiger partial charge in [-0.05, 0) is 102 Å². The van der Waals surface area contributed by atoms with Gasteiger partial charge in [0.2, 0.25) is 0 Å². The Labute approximate surface area is 352 Å². The van der Waals surface area contributed by atoms with Gasteiger partial charge in [0, 0.05) is 82.4 Å². The second-order valence-electron chi connectivity index (χ2n) is 17.0. The molecule has 4 aliphatic rings. The van der Waals surface area contributed by atoms with Crippen molar-refractivity contribution in [3.63, 3.8) is 0 Å². The van der Waals surface area contributed by atoms with Crippen LogP contribution >= 0.6 is 0 Å². The van der Waals surface area contributed by atoms with Crippen LogP contribution in [0.1, 0.15) is 85.4 Å². The lowest BCUT2D eigenvalue weighted by Crippen LogP contribution is -2.42. The Kier molecular flexibility index (Phi) is 13.9. The molecule has 12 nitrogen and oxygen atoms in total. The molecule has 6 atom stereocenters. The summed E-state index contributed by atoms with van der Waals surface area (Å²) < 4.78 is 11.7. The first-order chi connectivity index (χ1) is 29.2. The van der Waals surface area contributed by atoms with E-state index in [2.05, 4.69) is 74.3 Å². The summed E-state index contributed by atoms with van der Waals surface area (Å²) in [4.78, 5) is 30.8. The normalized spacial score (nSPS) is 23.1. The first-order valence-electron chi connectivity index (χ1n) is 21.6. The van der Waals surface area contributed by atoms with Crippen molar-refractivity contribution in [3.05, 3.63) is 136 Å². The van der Waals surface area contributed by atoms with Crippen LogP contribution in [0.25, 0.3) is 0 Å². The average Bonchev–Trinajstić information content (AvgIpc) is 3.28. The molecule has 0 saturated carbocycles. The fraction of sp³-hybridized carbons (Fsp3) is 0.458. The maximum atomic E-state index is 13.2. The molecule has 2 fully saturated rings. The molecule has 12 heteroatoms. The molecule has 0 bridgehead atoms. The molecular formula is C48H59N5O7. The van der Waals surface area contributed by atoms with Crippen molar-refractivity contribution in [2.24, 2.45) is 0 Å². The summed E-state index contributed by atoms with van der Waals surface area (Å²) in [6.45, 7) is 6.01. The van der Waals surface area contributed by atoms with E-state index in [1.165, 1.54) is 22.3 Å². The number of ether oxygens (including phenoxy) is 2. The number of hydrogen-bond donors (Lipinski definition) is 6.